The van der Waals surface area contributed by atoms with Crippen molar-refractivity contribution in [2.45, 2.75) is 191 Å². The van der Waals surface area contributed by atoms with Gasteiger partial charge in [0.15, 0.2) is 24.7 Å². The number of hydrogen-bond donors (Lipinski definition) is 4. The Labute approximate surface area is 367 Å². The Balaban J connectivity index is 1.56. The molecule has 4 heterocycles. The second kappa shape index (κ2) is 23.8. The Kier molecular flexibility index (Phi) is 20.1. The van der Waals surface area contributed by atoms with Crippen LogP contribution < -0.4 is 0 Å². The minimum Gasteiger partial charge on any atom is -0.462 e. The molecule has 4 aliphatic rings. The molecule has 0 aromatic carbocycles. The van der Waals surface area contributed by atoms with Gasteiger partial charge in [-0.1, -0.05) is 31.6 Å². The van der Waals surface area contributed by atoms with Gasteiger partial charge in [0, 0.05) is 57.8 Å². The number of ether oxygens (including phenoxy) is 9. The molecule has 3 saturated heterocycles. The van der Waals surface area contributed by atoms with Crippen LogP contribution in [0.2, 0.25) is 0 Å². The Morgan fingerprint density at radius 3 is 2.18 bits per heavy atom. The van der Waals surface area contributed by atoms with Crippen LogP contribution in [0.25, 0.3) is 0 Å². The van der Waals surface area contributed by atoms with E-state index >= 15 is 0 Å². The summed E-state index contributed by atoms with van der Waals surface area (Å²) in [5, 5.41) is 43.7. The molecule has 0 bridgehead atoms. The maximum atomic E-state index is 13.7. The monoisotopic (exact) mass is 886 g/mol. The summed E-state index contributed by atoms with van der Waals surface area (Å²) in [6.07, 6.45) is -4.59. The fraction of sp³-hybridized carbons (Fsp3) is 0.844. The number of carbonyl (C=O) groups excluding carboxylic acids is 3. The highest BCUT2D eigenvalue weighted by atomic mass is 16.7. The standard InChI is InChI=1S/C45H75NO16/c1-12-34-30(23-56-44-42(55-11)41(54-10)38(51)26(4)59-44)19-24(2)13-15-31(48)16-14-29(17-18-47)39(25(3)33(49)21-35(50)60-34)61-36-20-32(46(8)9)40(27(5)57-36)62-37-22-45(7,53)43(52)28(6)58-37/h13,15,18-19,25-30,32-34,36-44,49,51-53H,12,14,16-17,20-23H2,1-11H3/b15-13+,24-19+/t25-,26+,27+,28-,29+,30+,32+,33+,34+,36-,37-,38+,39+,40+,41+,42+,43-,44+,45+/m0/s1. The van der Waals surface area contributed by atoms with E-state index in [1.165, 1.54) is 20.3 Å². The molecule has 0 aromatic heterocycles. The summed E-state index contributed by atoms with van der Waals surface area (Å²) < 4.78 is 55.0. The van der Waals surface area contributed by atoms with Crippen molar-refractivity contribution in [2.24, 2.45) is 17.8 Å². The highest BCUT2D eigenvalue weighted by Gasteiger charge is 2.49. The number of hydrogen-bond acceptors (Lipinski definition) is 17. The number of carbonyl (C=O) groups is 3. The molecule has 4 rings (SSSR count). The quantitative estimate of drug-likeness (QED) is 0.154. The molecule has 0 unspecified atom stereocenters. The summed E-state index contributed by atoms with van der Waals surface area (Å²) in [7, 11) is 6.75. The van der Waals surface area contributed by atoms with E-state index in [-0.39, 0.29) is 50.5 Å². The average molecular weight is 886 g/mol. The summed E-state index contributed by atoms with van der Waals surface area (Å²) in [4.78, 5) is 41.2. The Morgan fingerprint density at radius 2 is 1.56 bits per heavy atom. The minimum absolute atomic E-state index is 0.0212. The summed E-state index contributed by atoms with van der Waals surface area (Å²) >= 11 is 0. The molecule has 0 spiro atoms. The number of aliphatic hydroxyl groups excluding tert-OH is 3. The van der Waals surface area contributed by atoms with Gasteiger partial charge in [0.2, 0.25) is 0 Å². The van der Waals surface area contributed by atoms with Crippen molar-refractivity contribution in [3.8, 4) is 0 Å². The third kappa shape index (κ3) is 13.7. The zero-order valence-corrected chi connectivity index (χ0v) is 38.5. The van der Waals surface area contributed by atoms with E-state index in [0.29, 0.717) is 18.4 Å². The molecule has 17 heteroatoms. The van der Waals surface area contributed by atoms with Gasteiger partial charge in [0.05, 0.1) is 49.1 Å². The smallest absolute Gasteiger partial charge is 0.308 e. The lowest BCUT2D eigenvalue weighted by atomic mass is 9.82. The third-order valence-corrected chi connectivity index (χ3v) is 13.0. The first kappa shape index (κ1) is 52.4. The van der Waals surface area contributed by atoms with Crippen LogP contribution in [0.1, 0.15) is 93.4 Å². The summed E-state index contributed by atoms with van der Waals surface area (Å²) in [5.74, 6) is -2.56. The summed E-state index contributed by atoms with van der Waals surface area (Å²) in [6.45, 7) is 12.2. The maximum absolute atomic E-state index is 13.7. The number of nitrogens with zero attached hydrogens (tertiary/aromatic N) is 1. The van der Waals surface area contributed by atoms with Crippen LogP contribution in [0.4, 0.5) is 0 Å². The number of methoxy groups -OCH3 is 2. The fourth-order valence-corrected chi connectivity index (χ4v) is 9.17. The highest BCUT2D eigenvalue weighted by molar-refractivity contribution is 5.90. The number of aldehydes is 1. The normalized spacial score (nSPS) is 44.6. The lowest BCUT2D eigenvalue weighted by Crippen LogP contribution is -2.60. The van der Waals surface area contributed by atoms with E-state index in [4.69, 9.17) is 42.6 Å². The van der Waals surface area contributed by atoms with Gasteiger partial charge in [0.25, 0.3) is 0 Å². The first-order valence-electron chi connectivity index (χ1n) is 22.1. The van der Waals surface area contributed by atoms with E-state index < -0.39 is 115 Å². The van der Waals surface area contributed by atoms with Crippen LogP contribution in [-0.2, 0) is 57.0 Å². The van der Waals surface area contributed by atoms with Crippen LogP contribution >= 0.6 is 0 Å². The van der Waals surface area contributed by atoms with Crippen LogP contribution in [0.5, 0.6) is 0 Å². The highest BCUT2D eigenvalue weighted by Crippen LogP contribution is 2.37. The molecule has 0 amide bonds. The summed E-state index contributed by atoms with van der Waals surface area (Å²) in [6, 6.07) is -0.266. The van der Waals surface area contributed by atoms with E-state index in [2.05, 4.69) is 0 Å². The number of rotatable bonds is 13. The van der Waals surface area contributed by atoms with Gasteiger partial charge in [-0.2, -0.15) is 0 Å². The maximum Gasteiger partial charge on any atom is 0.308 e. The zero-order chi connectivity index (χ0) is 46.1. The molecular weight excluding hydrogens is 810 g/mol. The van der Waals surface area contributed by atoms with E-state index in [0.717, 1.165) is 6.29 Å². The topological polar surface area (TPSA) is 218 Å². The van der Waals surface area contributed by atoms with E-state index in [1.54, 1.807) is 33.8 Å². The Morgan fingerprint density at radius 1 is 0.903 bits per heavy atom. The molecule has 62 heavy (non-hydrogen) atoms. The second-order valence-electron chi connectivity index (χ2n) is 18.1. The molecule has 356 valence electrons. The molecule has 19 atom stereocenters. The van der Waals surface area contributed by atoms with Crippen molar-refractivity contribution in [3.63, 3.8) is 0 Å². The molecule has 4 N–H and O–H groups in total. The second-order valence-corrected chi connectivity index (χ2v) is 18.1. The van der Waals surface area contributed by atoms with Gasteiger partial charge in [-0.15, -0.1) is 0 Å². The van der Waals surface area contributed by atoms with Gasteiger partial charge >= 0.3 is 5.97 Å². The molecule has 0 aliphatic carbocycles. The van der Waals surface area contributed by atoms with Crippen LogP contribution in [0.15, 0.2) is 23.8 Å². The minimum atomic E-state index is -1.42. The predicted octanol–water partition coefficient (Wildman–Crippen LogP) is 2.62. The lowest BCUT2D eigenvalue weighted by molar-refractivity contribution is -0.322. The van der Waals surface area contributed by atoms with Crippen molar-refractivity contribution in [1.29, 1.82) is 0 Å². The number of allylic oxidation sites excluding steroid dienone is 3. The van der Waals surface area contributed by atoms with E-state index in [9.17, 15) is 34.8 Å². The Bertz CT molecular complexity index is 1490. The fourth-order valence-electron chi connectivity index (χ4n) is 9.17. The average Bonchev–Trinajstić information content (AvgIpc) is 3.21. The molecule has 0 aromatic rings. The number of aliphatic hydroxyl groups is 4. The predicted molar refractivity (Wildman–Crippen MR) is 224 cm³/mol. The third-order valence-electron chi connectivity index (χ3n) is 13.0. The van der Waals surface area contributed by atoms with Crippen molar-refractivity contribution in [3.05, 3.63) is 23.8 Å². The molecule has 3 fully saturated rings. The number of esters is 1. The first-order valence-corrected chi connectivity index (χ1v) is 22.1. The largest absolute Gasteiger partial charge is 0.462 e. The van der Waals surface area contributed by atoms with Gasteiger partial charge in [0.1, 0.15) is 42.9 Å². The van der Waals surface area contributed by atoms with Crippen LogP contribution in [-0.4, -0.2) is 176 Å². The van der Waals surface area contributed by atoms with Crippen molar-refractivity contribution in [2.75, 3.05) is 34.9 Å². The molecule has 17 nitrogen and oxygen atoms in total. The molecule has 4 aliphatic heterocycles. The van der Waals surface area contributed by atoms with Gasteiger partial charge in [-0.05, 0) is 73.5 Å². The molecular formula is C45H75NO16. The number of ketones is 1. The zero-order valence-electron chi connectivity index (χ0n) is 38.5. The number of likely N-dealkylation sites (N-methyl/N-ethyl adjacent to an activating group) is 1. The summed E-state index contributed by atoms with van der Waals surface area (Å²) in [5.41, 5.74) is -0.701. The first-order chi connectivity index (χ1) is 29.2. The molecule has 0 saturated carbocycles. The van der Waals surface area contributed by atoms with Crippen molar-refractivity contribution in [1.82, 2.24) is 4.90 Å². The van der Waals surface area contributed by atoms with Gasteiger partial charge in [-0.3, -0.25) is 9.59 Å². The lowest BCUT2D eigenvalue weighted by Gasteiger charge is -2.48. The SMILES string of the molecule is CC[C@H]1OC(=O)C[C@@H](O)[C@H](C)[C@@H](O[C@H]2C[C@@H](N(C)C)[C@H](O[C@H]3C[C@@](C)(O)[C@@H](O)[C@H](C)O3)[C@@H](C)O2)[C@@H](CC=O)CCC(=O)/C=C/C(C)=C/[C@@H]1CO[C@@H]1O[C@H](C)[C@@H](O)[C@@H](OC)[C@H]1OC. The van der Waals surface area contributed by atoms with Gasteiger partial charge < -0.3 is 72.8 Å². The number of cyclic esters (lactones) is 1. The van der Waals surface area contributed by atoms with Crippen LogP contribution in [0, 0.1) is 17.8 Å². The van der Waals surface area contributed by atoms with Crippen molar-refractivity contribution >= 4 is 18.0 Å². The molecule has 0 radical (unpaired) electrons. The van der Waals surface area contributed by atoms with Crippen molar-refractivity contribution < 1.29 is 77.4 Å². The van der Waals surface area contributed by atoms with E-state index in [1.807, 2.05) is 45.8 Å². The Hall–Kier alpha value is -2.23. The van der Waals surface area contributed by atoms with Crippen LogP contribution in [0.3, 0.4) is 0 Å². The van der Waals surface area contributed by atoms with Gasteiger partial charge in [-0.25, -0.2) is 0 Å².